The van der Waals surface area contributed by atoms with Gasteiger partial charge in [-0.25, -0.2) is 9.78 Å². The first-order chi connectivity index (χ1) is 24.5. The number of H-pyrrole nitrogens is 1. The summed E-state index contributed by atoms with van der Waals surface area (Å²) in [5, 5.41) is 14.0. The van der Waals surface area contributed by atoms with Crippen LogP contribution < -0.4 is 10.6 Å². The summed E-state index contributed by atoms with van der Waals surface area (Å²) < 4.78 is 5.50. The van der Waals surface area contributed by atoms with Gasteiger partial charge in [-0.1, -0.05) is 55.5 Å². The Morgan fingerprint density at radius 1 is 0.961 bits per heavy atom. The zero-order valence-electron chi connectivity index (χ0n) is 29.2. The van der Waals surface area contributed by atoms with Crippen LogP contribution in [0.25, 0.3) is 22.4 Å². The second-order valence-corrected chi connectivity index (χ2v) is 14.0. The number of hydrogen-bond acceptors (Lipinski definition) is 7. The Balaban J connectivity index is 1.03. The Labute approximate surface area is 297 Å². The molecule has 2 aromatic carbocycles. The number of ketones is 1. The van der Waals surface area contributed by atoms with Gasteiger partial charge in [0.15, 0.2) is 5.78 Å². The molecule has 0 saturated carbocycles. The molecule has 13 heteroatoms. The lowest BCUT2D eigenvalue weighted by Crippen LogP contribution is -2.56. The summed E-state index contributed by atoms with van der Waals surface area (Å²) in [4.78, 5) is 74.2. The minimum Gasteiger partial charge on any atom is -0.465 e. The van der Waals surface area contributed by atoms with Crippen LogP contribution in [0.4, 0.5) is 4.79 Å². The molecule has 1 aromatic heterocycles. The van der Waals surface area contributed by atoms with Crippen LogP contribution >= 0.6 is 0 Å². The summed E-state index contributed by atoms with van der Waals surface area (Å²) in [5.74, 6) is -0.0206. The highest BCUT2D eigenvalue weighted by molar-refractivity contribution is 6.00. The molecule has 3 aromatic rings. The molecule has 4 amide bonds. The Morgan fingerprint density at radius 2 is 1.63 bits per heavy atom. The van der Waals surface area contributed by atoms with Crippen molar-refractivity contribution in [2.24, 2.45) is 5.92 Å². The number of hydrogen-bond donors (Lipinski definition) is 4. The van der Waals surface area contributed by atoms with Crippen molar-refractivity contribution in [3.05, 3.63) is 66.1 Å². The normalized spacial score (nSPS) is 20.3. The van der Waals surface area contributed by atoms with Gasteiger partial charge in [-0.3, -0.25) is 19.2 Å². The highest BCUT2D eigenvalue weighted by Gasteiger charge is 2.50. The molecule has 0 bridgehead atoms. The standard InChI is InChI=1S/C38H46N6O7/c1-24(21-41-37(49)50)20-34(47)43-17-3-4-31(43)35-39-22-30(42-35)28-9-5-26(6-10-28)27-7-11-29(12-8-27)33(46)23-40-36(48)32-13-14-38(44(32)25(2)45)15-18-51-19-16-38/h5-12,22,24,31-32,41H,3-4,13-21,23H2,1-2H3,(H,39,42)(H,40,48)(H,49,50)/t24?,31-,32?/m0/s1. The molecule has 13 nitrogen and oxygen atoms in total. The van der Waals surface area contributed by atoms with Crippen LogP contribution in [0.2, 0.25) is 0 Å². The number of likely N-dealkylation sites (tertiary alicyclic amines) is 2. The lowest BCUT2D eigenvalue weighted by atomic mass is 9.87. The average Bonchev–Trinajstić information content (AvgIpc) is 3.89. The van der Waals surface area contributed by atoms with E-state index < -0.39 is 12.1 Å². The monoisotopic (exact) mass is 698 g/mol. The van der Waals surface area contributed by atoms with E-state index in [0.717, 1.165) is 60.3 Å². The van der Waals surface area contributed by atoms with Crippen molar-refractivity contribution in [1.29, 1.82) is 0 Å². The van der Waals surface area contributed by atoms with E-state index in [4.69, 9.17) is 14.8 Å². The molecule has 2 unspecified atom stereocenters. The molecule has 3 aliphatic heterocycles. The van der Waals surface area contributed by atoms with Crippen molar-refractivity contribution in [1.82, 2.24) is 30.4 Å². The summed E-state index contributed by atoms with van der Waals surface area (Å²) in [6.07, 6.45) is 5.46. The maximum absolute atomic E-state index is 13.1. The number of imidazole rings is 1. The molecule has 0 radical (unpaired) electrons. The highest BCUT2D eigenvalue weighted by Crippen LogP contribution is 2.41. The molecule has 270 valence electrons. The van der Waals surface area contributed by atoms with Crippen LogP contribution in [-0.2, 0) is 19.1 Å². The predicted octanol–water partition coefficient (Wildman–Crippen LogP) is 4.56. The summed E-state index contributed by atoms with van der Waals surface area (Å²) in [5.41, 5.74) is 3.73. The first-order valence-electron chi connectivity index (χ1n) is 17.8. The Hall–Kier alpha value is -5.04. The fourth-order valence-electron chi connectivity index (χ4n) is 7.85. The topological polar surface area (TPSA) is 174 Å². The minimum absolute atomic E-state index is 0.00867. The first kappa shape index (κ1) is 35.8. The van der Waals surface area contributed by atoms with Gasteiger partial charge in [0.05, 0.1) is 18.3 Å². The third kappa shape index (κ3) is 7.98. The van der Waals surface area contributed by atoms with E-state index in [9.17, 15) is 24.0 Å². The van der Waals surface area contributed by atoms with Crippen molar-refractivity contribution < 1.29 is 33.8 Å². The minimum atomic E-state index is -1.10. The van der Waals surface area contributed by atoms with Crippen molar-refractivity contribution in [3.8, 4) is 22.4 Å². The summed E-state index contributed by atoms with van der Waals surface area (Å²) in [6.45, 7) is 5.23. The van der Waals surface area contributed by atoms with Crippen LogP contribution in [0.3, 0.4) is 0 Å². The molecule has 0 aliphatic carbocycles. The zero-order chi connectivity index (χ0) is 36.1. The van der Waals surface area contributed by atoms with E-state index in [1.54, 1.807) is 17.0 Å². The van der Waals surface area contributed by atoms with Gasteiger partial charge in [0.1, 0.15) is 11.9 Å². The third-order valence-corrected chi connectivity index (χ3v) is 10.5. The largest absolute Gasteiger partial charge is 0.465 e. The fraction of sp³-hybridized carbons (Fsp3) is 0.474. The maximum atomic E-state index is 13.1. The number of benzene rings is 2. The van der Waals surface area contributed by atoms with E-state index >= 15 is 0 Å². The Kier molecular flexibility index (Phi) is 10.8. The van der Waals surface area contributed by atoms with Crippen molar-refractivity contribution in [2.45, 2.75) is 76.4 Å². The second-order valence-electron chi connectivity index (χ2n) is 14.0. The van der Waals surface area contributed by atoms with Crippen LogP contribution in [0.5, 0.6) is 0 Å². The van der Waals surface area contributed by atoms with Crippen molar-refractivity contribution in [2.75, 3.05) is 32.8 Å². The van der Waals surface area contributed by atoms with Gasteiger partial charge in [-0.05, 0) is 55.6 Å². The van der Waals surface area contributed by atoms with Crippen LogP contribution in [-0.4, -0.2) is 98.9 Å². The smallest absolute Gasteiger partial charge is 0.404 e. The number of nitrogens with zero attached hydrogens (tertiary/aromatic N) is 3. The molecule has 4 heterocycles. The quantitative estimate of drug-likeness (QED) is 0.211. The molecular weight excluding hydrogens is 652 g/mol. The van der Waals surface area contributed by atoms with Gasteiger partial charge < -0.3 is 35.3 Å². The average molecular weight is 699 g/mol. The molecule has 51 heavy (non-hydrogen) atoms. The zero-order valence-corrected chi connectivity index (χ0v) is 29.2. The first-order valence-corrected chi connectivity index (χ1v) is 17.8. The van der Waals surface area contributed by atoms with E-state index in [1.807, 2.05) is 54.4 Å². The Morgan fingerprint density at radius 3 is 2.29 bits per heavy atom. The number of rotatable bonds is 11. The van der Waals surface area contributed by atoms with E-state index in [2.05, 4.69) is 15.6 Å². The van der Waals surface area contributed by atoms with Gasteiger partial charge in [-0.15, -0.1) is 0 Å². The number of carboxylic acid groups (broad SMARTS) is 1. The van der Waals surface area contributed by atoms with Crippen molar-refractivity contribution >= 4 is 29.6 Å². The molecule has 3 aliphatic rings. The van der Waals surface area contributed by atoms with Crippen LogP contribution in [0.1, 0.15) is 81.0 Å². The SMILES string of the molecule is CC(=O)N1C(C(=O)NCC(=O)c2ccc(-c3ccc(-c4c[nH]c([C@@H]5CCCN5C(=O)CC(C)CNC(=O)O)n4)cc3)cc2)CCC12CCOCC2. The molecule has 6 rings (SSSR count). The molecule has 3 atom stereocenters. The number of Topliss-reactive ketones (excluding diaryl/α,β-unsaturated/α-hetero) is 1. The molecule has 1 spiro atoms. The van der Waals surface area contributed by atoms with E-state index in [0.29, 0.717) is 31.7 Å². The maximum Gasteiger partial charge on any atom is 0.404 e. The molecule has 3 fully saturated rings. The number of amides is 4. The van der Waals surface area contributed by atoms with Crippen molar-refractivity contribution in [3.63, 3.8) is 0 Å². The Bertz CT molecular complexity index is 1750. The van der Waals surface area contributed by atoms with Gasteiger partial charge in [0, 0.05) is 62.5 Å². The van der Waals surface area contributed by atoms with Gasteiger partial charge in [0.2, 0.25) is 17.7 Å². The number of carbonyl (C=O) groups excluding carboxylic acids is 4. The van der Waals surface area contributed by atoms with Gasteiger partial charge in [0.25, 0.3) is 0 Å². The summed E-state index contributed by atoms with van der Waals surface area (Å²) in [7, 11) is 0. The number of aromatic amines is 1. The van der Waals surface area contributed by atoms with E-state index in [1.165, 1.54) is 6.92 Å². The lowest BCUT2D eigenvalue weighted by molar-refractivity contribution is -0.145. The fourth-order valence-corrected chi connectivity index (χ4v) is 7.85. The highest BCUT2D eigenvalue weighted by atomic mass is 16.5. The number of carbonyl (C=O) groups is 5. The van der Waals surface area contributed by atoms with Gasteiger partial charge >= 0.3 is 6.09 Å². The van der Waals surface area contributed by atoms with Gasteiger partial charge in [-0.2, -0.15) is 0 Å². The lowest BCUT2D eigenvalue weighted by Gasteiger charge is -2.42. The summed E-state index contributed by atoms with van der Waals surface area (Å²) in [6, 6.07) is 14.5. The number of nitrogens with one attached hydrogen (secondary N) is 3. The second kappa shape index (κ2) is 15.5. The molecule has 4 N–H and O–H groups in total. The summed E-state index contributed by atoms with van der Waals surface area (Å²) >= 11 is 0. The number of aromatic nitrogens is 2. The van der Waals surface area contributed by atoms with Crippen LogP contribution in [0.15, 0.2) is 54.7 Å². The van der Waals surface area contributed by atoms with E-state index in [-0.39, 0.29) is 60.5 Å². The predicted molar refractivity (Wildman–Crippen MR) is 189 cm³/mol. The third-order valence-electron chi connectivity index (χ3n) is 10.5. The van der Waals surface area contributed by atoms with Crippen LogP contribution in [0, 0.1) is 5.92 Å². The molecular formula is C38H46N6O7. The number of ether oxygens (including phenoxy) is 1. The molecule has 3 saturated heterocycles.